The normalized spacial score (nSPS) is 15.0. The van der Waals surface area contributed by atoms with Gasteiger partial charge in [0.1, 0.15) is 6.10 Å². The molecule has 0 amide bonds. The lowest BCUT2D eigenvalue weighted by Gasteiger charge is -2.32. The summed E-state index contributed by atoms with van der Waals surface area (Å²) in [4.78, 5) is 25.1. The van der Waals surface area contributed by atoms with Crippen molar-refractivity contribution in [2.45, 2.75) is 31.4 Å². The third-order valence-corrected chi connectivity index (χ3v) is 3.41. The van der Waals surface area contributed by atoms with Crippen molar-refractivity contribution >= 4 is 26.0 Å². The van der Waals surface area contributed by atoms with E-state index in [4.69, 9.17) is 35.6 Å². The number of carbonyl (C=O) groups is 1. The average molecular weight is 343 g/mol. The zero-order chi connectivity index (χ0) is 17.6. The monoisotopic (exact) mass is 343 g/mol. The summed E-state index contributed by atoms with van der Waals surface area (Å²) in [6.07, 6.45) is 0.423. The van der Waals surface area contributed by atoms with Crippen LogP contribution in [-0.4, -0.2) is 59.0 Å². The molecule has 0 aromatic carbocycles. The number of hydrogen-bond acceptors (Lipinski definition) is 8. The van der Waals surface area contributed by atoms with Crippen LogP contribution in [0.25, 0.3) is 0 Å². The van der Waals surface area contributed by atoms with Gasteiger partial charge in [0.25, 0.3) is 5.56 Å². The molecule has 9 nitrogen and oxygen atoms in total. The van der Waals surface area contributed by atoms with Crippen molar-refractivity contribution in [2.24, 2.45) is 5.73 Å². The highest BCUT2D eigenvalue weighted by Gasteiger charge is 2.34. The molecule has 0 aliphatic heterocycles. The van der Waals surface area contributed by atoms with Crippen LogP contribution in [0.1, 0.15) is 12.0 Å². The van der Waals surface area contributed by atoms with Gasteiger partial charge >= 0.3 is 5.97 Å². The van der Waals surface area contributed by atoms with Crippen molar-refractivity contribution in [3.8, 4) is 0 Å². The number of nitrogens with two attached hydrogens (primary N) is 1. The third-order valence-electron chi connectivity index (χ3n) is 3.08. The molecule has 1 rings (SSSR count). The molecular weight excluding hydrogens is 325 g/mol. The molecular formula is C12H18BN3O6S. The number of aromatic amines is 1. The highest BCUT2D eigenvalue weighted by molar-refractivity contribution is 7.71. The van der Waals surface area contributed by atoms with Gasteiger partial charge in [-0.2, -0.15) is 0 Å². The number of methoxy groups -OCH3 is 1. The van der Waals surface area contributed by atoms with Crippen LogP contribution in [-0.2, 0) is 27.4 Å². The first-order valence-electron chi connectivity index (χ1n) is 6.64. The Bertz CT molecular complexity index is 659. The fourth-order valence-corrected chi connectivity index (χ4v) is 2.11. The molecule has 2 unspecified atom stereocenters. The molecule has 0 fully saturated rings. The molecule has 0 saturated heterocycles. The fourth-order valence-electron chi connectivity index (χ4n) is 1.87. The zero-order valence-corrected chi connectivity index (χ0v) is 13.3. The average Bonchev–Trinajstić information content (AvgIpc) is 2.48. The minimum Gasteiger partial charge on any atom is -0.440 e. The SMILES string of the molecule is [B]C(O)(OC(=O)CN)C(CCn1cc(CO)c(=O)[nH]c1=S)OC. The first kappa shape index (κ1) is 19.5. The van der Waals surface area contributed by atoms with Crippen LogP contribution in [0.2, 0.25) is 0 Å². The summed E-state index contributed by atoms with van der Waals surface area (Å²) in [5, 5.41) is 19.1. The number of nitrogens with zero attached hydrogens (tertiary/aromatic N) is 1. The second kappa shape index (κ2) is 8.36. The highest BCUT2D eigenvalue weighted by atomic mass is 32.1. The predicted octanol–water partition coefficient (Wildman–Crippen LogP) is -1.88. The van der Waals surface area contributed by atoms with Crippen molar-refractivity contribution in [3.05, 3.63) is 26.9 Å². The summed E-state index contributed by atoms with van der Waals surface area (Å²) in [6, 6.07) is 0. The van der Waals surface area contributed by atoms with Gasteiger partial charge in [-0.15, -0.1) is 0 Å². The number of esters is 1. The van der Waals surface area contributed by atoms with E-state index in [-0.39, 0.29) is 23.3 Å². The van der Waals surface area contributed by atoms with Crippen LogP contribution >= 0.6 is 12.2 Å². The van der Waals surface area contributed by atoms with Crippen molar-refractivity contribution in [3.63, 3.8) is 0 Å². The largest absolute Gasteiger partial charge is 0.440 e. The molecule has 0 spiro atoms. The van der Waals surface area contributed by atoms with Crippen LogP contribution in [0.5, 0.6) is 0 Å². The lowest BCUT2D eigenvalue weighted by Crippen LogP contribution is -2.49. The van der Waals surface area contributed by atoms with E-state index >= 15 is 0 Å². The fraction of sp³-hybridized carbons (Fsp3) is 0.583. The standard InChI is InChI=1S/C12H18BN3O6S/c1-21-8(12(13,20)22-9(18)4-14)2-3-16-5-7(6-17)10(19)15-11(16)23/h5,8,17,20H,2-4,6,14H2,1H3,(H,15,19,23). The van der Waals surface area contributed by atoms with Gasteiger partial charge in [0.05, 0.1) is 18.7 Å². The molecule has 11 heteroatoms. The van der Waals surface area contributed by atoms with E-state index < -0.39 is 36.5 Å². The smallest absolute Gasteiger partial charge is 0.321 e. The summed E-state index contributed by atoms with van der Waals surface area (Å²) in [5.41, 5.74) is 2.38. The van der Waals surface area contributed by atoms with Crippen LogP contribution in [0.15, 0.2) is 11.0 Å². The van der Waals surface area contributed by atoms with E-state index in [9.17, 15) is 14.7 Å². The second-order valence-corrected chi connectivity index (χ2v) is 5.09. The Hall–Kier alpha value is -1.53. The molecule has 2 atom stereocenters. The van der Waals surface area contributed by atoms with Gasteiger partial charge in [-0.05, 0) is 18.6 Å². The minimum atomic E-state index is -2.37. The molecule has 0 saturated carbocycles. The number of hydrogen-bond donors (Lipinski definition) is 4. The third kappa shape index (κ3) is 5.25. The quantitative estimate of drug-likeness (QED) is 0.186. The van der Waals surface area contributed by atoms with Gasteiger partial charge in [-0.3, -0.25) is 14.6 Å². The van der Waals surface area contributed by atoms with Gasteiger partial charge in [-0.25, -0.2) is 0 Å². The van der Waals surface area contributed by atoms with E-state index in [0.717, 1.165) is 0 Å². The number of H-pyrrole nitrogens is 1. The molecule has 23 heavy (non-hydrogen) atoms. The Balaban J connectivity index is 2.88. The van der Waals surface area contributed by atoms with Crippen molar-refractivity contribution in [1.82, 2.24) is 9.55 Å². The number of rotatable bonds is 8. The molecule has 1 aromatic heterocycles. The number of aromatic nitrogens is 2. The van der Waals surface area contributed by atoms with Crippen molar-refractivity contribution in [2.75, 3.05) is 13.7 Å². The van der Waals surface area contributed by atoms with Crippen LogP contribution in [0.3, 0.4) is 0 Å². The number of aliphatic hydroxyl groups excluding tert-OH is 1. The number of ether oxygens (including phenoxy) is 2. The molecule has 0 aliphatic carbocycles. The zero-order valence-electron chi connectivity index (χ0n) is 12.5. The van der Waals surface area contributed by atoms with Gasteiger partial charge in [0.2, 0.25) is 0 Å². The van der Waals surface area contributed by atoms with E-state index in [2.05, 4.69) is 9.72 Å². The minimum absolute atomic E-state index is 0.104. The lowest BCUT2D eigenvalue weighted by molar-refractivity contribution is -0.210. The molecule has 0 bridgehead atoms. The molecule has 5 N–H and O–H groups in total. The summed E-state index contributed by atoms with van der Waals surface area (Å²) in [5.74, 6) is -0.889. The van der Waals surface area contributed by atoms with Crippen LogP contribution < -0.4 is 11.3 Å². The van der Waals surface area contributed by atoms with E-state index in [1.54, 1.807) is 0 Å². The Labute approximate surface area is 138 Å². The molecule has 1 heterocycles. The number of aliphatic hydroxyl groups is 2. The van der Waals surface area contributed by atoms with Crippen molar-refractivity contribution in [1.29, 1.82) is 0 Å². The summed E-state index contributed by atoms with van der Waals surface area (Å²) in [6.45, 7) is -0.713. The second-order valence-electron chi connectivity index (χ2n) is 4.71. The number of aryl methyl sites for hydroxylation is 1. The van der Waals surface area contributed by atoms with E-state index in [0.29, 0.717) is 0 Å². The predicted molar refractivity (Wildman–Crippen MR) is 83.1 cm³/mol. The lowest BCUT2D eigenvalue weighted by atomic mass is 9.87. The van der Waals surface area contributed by atoms with Gasteiger partial charge in [0.15, 0.2) is 18.3 Å². The topological polar surface area (TPSA) is 140 Å². The first-order valence-corrected chi connectivity index (χ1v) is 7.05. The highest BCUT2D eigenvalue weighted by Crippen LogP contribution is 2.16. The Morgan fingerprint density at radius 3 is 2.83 bits per heavy atom. The first-order chi connectivity index (χ1) is 10.7. The van der Waals surface area contributed by atoms with Gasteiger partial charge in [0, 0.05) is 19.9 Å². The summed E-state index contributed by atoms with van der Waals surface area (Å²) >= 11 is 5.01. The Morgan fingerprint density at radius 1 is 1.65 bits per heavy atom. The maximum Gasteiger partial charge on any atom is 0.321 e. The number of carbonyl (C=O) groups excluding carboxylic acids is 1. The Morgan fingerprint density at radius 2 is 2.30 bits per heavy atom. The molecule has 126 valence electrons. The number of nitrogens with one attached hydrogen (secondary N) is 1. The van der Waals surface area contributed by atoms with E-state index in [1.807, 2.05) is 0 Å². The molecule has 2 radical (unpaired) electrons. The van der Waals surface area contributed by atoms with Crippen molar-refractivity contribution < 1.29 is 24.5 Å². The summed E-state index contributed by atoms with van der Waals surface area (Å²) in [7, 11) is 6.81. The molecule has 1 aromatic rings. The summed E-state index contributed by atoms with van der Waals surface area (Å²) < 4.78 is 11.3. The van der Waals surface area contributed by atoms with Crippen LogP contribution in [0, 0.1) is 4.77 Å². The van der Waals surface area contributed by atoms with Gasteiger partial charge < -0.3 is 30.0 Å². The van der Waals surface area contributed by atoms with E-state index in [1.165, 1.54) is 17.9 Å². The van der Waals surface area contributed by atoms with Crippen LogP contribution in [0.4, 0.5) is 0 Å². The maximum absolute atomic E-state index is 11.5. The maximum atomic E-state index is 11.5. The Kier molecular flexibility index (Phi) is 7.10. The molecule has 0 aliphatic rings. The van der Waals surface area contributed by atoms with Gasteiger partial charge in [-0.1, -0.05) is 0 Å².